The molecule has 0 atom stereocenters. The molecule has 0 aliphatic heterocycles. The van der Waals surface area contributed by atoms with Crippen LogP contribution in [0.4, 0.5) is 0 Å². The summed E-state index contributed by atoms with van der Waals surface area (Å²) < 4.78 is 20.9. The van der Waals surface area contributed by atoms with Gasteiger partial charge in [0.2, 0.25) is 0 Å². The third kappa shape index (κ3) is 5.15. The van der Waals surface area contributed by atoms with E-state index in [2.05, 4.69) is 10.9 Å². The Morgan fingerprint density at radius 2 is 1.95 bits per heavy atom. The van der Waals surface area contributed by atoms with E-state index in [9.17, 15) is 4.21 Å². The predicted molar refractivity (Wildman–Crippen MR) is 75.8 cm³/mol. The monoisotopic (exact) mass is 296 g/mol. The minimum atomic E-state index is -1.55. The van der Waals surface area contributed by atoms with E-state index in [1.54, 1.807) is 12.1 Å². The average Bonchev–Trinajstić information content (AvgIpc) is 2.75. The number of aromatic nitrogens is 1. The summed E-state index contributed by atoms with van der Waals surface area (Å²) >= 11 is 0. The van der Waals surface area contributed by atoms with E-state index >= 15 is 0 Å². The molecule has 6 nitrogen and oxygen atoms in total. The van der Waals surface area contributed by atoms with Gasteiger partial charge in [0.05, 0.1) is 11.4 Å². The first-order chi connectivity index (χ1) is 9.40. The maximum absolute atomic E-state index is 10.7. The summed E-state index contributed by atoms with van der Waals surface area (Å²) in [6, 6.07) is 7.05. The average molecular weight is 296 g/mol. The van der Waals surface area contributed by atoms with Crippen LogP contribution in [0.15, 0.2) is 35.1 Å². The molecule has 1 N–H and O–H groups in total. The lowest BCUT2D eigenvalue weighted by atomic mass is 10.1. The van der Waals surface area contributed by atoms with E-state index < -0.39 is 16.6 Å². The molecular weight excluding hydrogens is 282 g/mol. The largest absolute Gasteiger partial charge is 0.561 e. The summed E-state index contributed by atoms with van der Waals surface area (Å²) in [5.41, 5.74) is 1.73. The SMILES string of the molecule is C=[S-](=O)Oc1ccc(-c2ocnc2C)cc1.CC(=O)O. The fourth-order valence-electron chi connectivity index (χ4n) is 1.35. The van der Waals surface area contributed by atoms with Crippen LogP contribution in [0, 0.1) is 6.92 Å². The third-order valence-corrected chi connectivity index (χ3v) is 2.43. The van der Waals surface area contributed by atoms with Crippen molar-refractivity contribution in [3.8, 4) is 17.1 Å². The number of carboxylic acids is 1. The van der Waals surface area contributed by atoms with Crippen molar-refractivity contribution in [2.75, 3.05) is 0 Å². The van der Waals surface area contributed by atoms with Crippen molar-refractivity contribution < 1.29 is 22.7 Å². The van der Waals surface area contributed by atoms with Gasteiger partial charge in [-0.25, -0.2) is 4.98 Å². The van der Waals surface area contributed by atoms with Crippen molar-refractivity contribution >= 4 is 22.5 Å². The van der Waals surface area contributed by atoms with Gasteiger partial charge in [-0.2, -0.15) is 5.87 Å². The number of hydrogen-bond donors (Lipinski definition) is 1. The minimum Gasteiger partial charge on any atom is -0.561 e. The fraction of sp³-hybridized carbons (Fsp3) is 0.154. The summed E-state index contributed by atoms with van der Waals surface area (Å²) in [4.78, 5) is 13.0. The number of aryl methyl sites for hydroxylation is 1. The van der Waals surface area contributed by atoms with Crippen molar-refractivity contribution in [3.63, 3.8) is 0 Å². The van der Waals surface area contributed by atoms with E-state index in [4.69, 9.17) is 18.5 Å². The molecule has 0 amide bonds. The maximum Gasteiger partial charge on any atom is 0.300 e. The van der Waals surface area contributed by atoms with Gasteiger partial charge in [-0.1, -0.05) is 0 Å². The third-order valence-electron chi connectivity index (χ3n) is 2.05. The van der Waals surface area contributed by atoms with Crippen molar-refractivity contribution in [1.82, 2.24) is 4.98 Å². The molecule has 0 fully saturated rings. The van der Waals surface area contributed by atoms with Gasteiger partial charge in [0.15, 0.2) is 12.2 Å². The quantitative estimate of drug-likeness (QED) is 0.691. The van der Waals surface area contributed by atoms with Crippen molar-refractivity contribution in [2.45, 2.75) is 13.8 Å². The molecule has 0 bridgehead atoms. The molecule has 0 spiro atoms. The van der Waals surface area contributed by atoms with Crippen LogP contribution in [-0.2, 0) is 19.7 Å². The maximum atomic E-state index is 10.7. The van der Waals surface area contributed by atoms with Crippen LogP contribution in [0.2, 0.25) is 0 Å². The molecule has 1 aromatic heterocycles. The molecule has 20 heavy (non-hydrogen) atoms. The van der Waals surface area contributed by atoms with Gasteiger partial charge in [-0.05, 0) is 31.2 Å². The lowest BCUT2D eigenvalue weighted by molar-refractivity contribution is -0.134. The topological polar surface area (TPSA) is 89.6 Å². The van der Waals surface area contributed by atoms with E-state index in [0.717, 1.165) is 23.9 Å². The second-order valence-electron chi connectivity index (χ2n) is 3.70. The van der Waals surface area contributed by atoms with Crippen LogP contribution in [0.5, 0.6) is 5.75 Å². The van der Waals surface area contributed by atoms with Gasteiger partial charge in [-0.3, -0.25) is 4.79 Å². The standard InChI is InChI=1S/C11H10NO3S.C2H4O2/c1-8-11(14-7-12-8)9-3-5-10(6-4-9)15-16(2)13;1-2(3)4/h3-7H,2H2,1H3;1H3,(H,3,4)/q-1;. The summed E-state index contributed by atoms with van der Waals surface area (Å²) in [5.74, 6) is 3.64. The van der Waals surface area contributed by atoms with Crippen LogP contribution in [0.3, 0.4) is 0 Å². The molecule has 0 unspecified atom stereocenters. The fourth-order valence-corrected chi connectivity index (χ4v) is 1.67. The molecule has 2 rings (SSSR count). The highest BCUT2D eigenvalue weighted by Gasteiger charge is 2.05. The first-order valence-corrected chi connectivity index (χ1v) is 6.74. The van der Waals surface area contributed by atoms with Crippen molar-refractivity contribution in [2.24, 2.45) is 0 Å². The molecule has 1 aromatic carbocycles. The minimum absolute atomic E-state index is 0.509. The van der Waals surface area contributed by atoms with Crippen molar-refractivity contribution in [3.05, 3.63) is 36.4 Å². The lowest BCUT2D eigenvalue weighted by Crippen LogP contribution is -1.88. The smallest absolute Gasteiger partial charge is 0.300 e. The number of benzene rings is 1. The van der Waals surface area contributed by atoms with E-state index in [0.29, 0.717) is 5.75 Å². The Hall–Kier alpha value is -2.28. The summed E-state index contributed by atoms with van der Waals surface area (Å²) in [7, 11) is -1.55. The Labute approximate surface area is 118 Å². The zero-order chi connectivity index (χ0) is 15.1. The summed E-state index contributed by atoms with van der Waals surface area (Å²) in [5, 5.41) is 7.42. The number of oxazole rings is 1. The lowest BCUT2D eigenvalue weighted by Gasteiger charge is -2.08. The Balaban J connectivity index is 0.000000444. The van der Waals surface area contributed by atoms with E-state index in [1.807, 2.05) is 19.1 Å². The van der Waals surface area contributed by atoms with Crippen LogP contribution in [-0.4, -0.2) is 21.9 Å². The van der Waals surface area contributed by atoms with Crippen LogP contribution < -0.4 is 4.18 Å². The number of carboxylic acid groups (broad SMARTS) is 1. The van der Waals surface area contributed by atoms with Crippen molar-refractivity contribution in [1.29, 1.82) is 0 Å². The van der Waals surface area contributed by atoms with Gasteiger partial charge >= 0.3 is 0 Å². The molecular formula is C13H14NO5S-. The number of nitrogens with zero attached hydrogens (tertiary/aromatic N) is 1. The zero-order valence-electron chi connectivity index (χ0n) is 11.0. The number of rotatable bonds is 3. The molecule has 0 aliphatic rings. The molecule has 0 radical (unpaired) electrons. The first-order valence-electron chi connectivity index (χ1n) is 5.50. The number of carbonyl (C=O) groups is 1. The predicted octanol–water partition coefficient (Wildman–Crippen LogP) is 2.43. The number of hydrogen-bond acceptors (Lipinski definition) is 6. The van der Waals surface area contributed by atoms with Gasteiger partial charge in [0.1, 0.15) is 0 Å². The zero-order valence-corrected chi connectivity index (χ0v) is 11.8. The highest BCUT2D eigenvalue weighted by molar-refractivity contribution is 7.77. The van der Waals surface area contributed by atoms with E-state index in [-0.39, 0.29) is 0 Å². The Bertz CT molecular complexity index is 631. The van der Waals surface area contributed by atoms with Gasteiger partial charge < -0.3 is 17.9 Å². The van der Waals surface area contributed by atoms with Crippen LogP contribution >= 0.6 is 0 Å². The Morgan fingerprint density at radius 1 is 1.40 bits per heavy atom. The van der Waals surface area contributed by atoms with Gasteiger partial charge in [0, 0.05) is 12.5 Å². The van der Waals surface area contributed by atoms with Gasteiger partial charge in [-0.15, -0.1) is 10.7 Å². The highest BCUT2D eigenvalue weighted by Crippen LogP contribution is 2.24. The second kappa shape index (κ2) is 7.34. The van der Waals surface area contributed by atoms with Gasteiger partial charge in [0.25, 0.3) is 5.97 Å². The normalized spacial score (nSPS) is 9.75. The Morgan fingerprint density at radius 3 is 2.35 bits per heavy atom. The summed E-state index contributed by atoms with van der Waals surface area (Å²) in [6.07, 6.45) is 1.40. The Kier molecular flexibility index (Phi) is 5.79. The first kappa shape index (κ1) is 15.8. The van der Waals surface area contributed by atoms with Crippen LogP contribution in [0.25, 0.3) is 11.3 Å². The summed E-state index contributed by atoms with van der Waals surface area (Å²) in [6.45, 7) is 2.95. The molecule has 108 valence electrons. The molecule has 2 aromatic rings. The molecule has 0 saturated carbocycles. The molecule has 0 saturated heterocycles. The second-order valence-corrected chi connectivity index (χ2v) is 4.47. The van der Waals surface area contributed by atoms with E-state index in [1.165, 1.54) is 6.39 Å². The molecule has 7 heteroatoms. The molecule has 1 heterocycles. The highest BCUT2D eigenvalue weighted by atomic mass is 32.2. The number of aliphatic carboxylic acids is 1. The molecule has 0 aliphatic carbocycles. The van der Waals surface area contributed by atoms with Crippen LogP contribution in [0.1, 0.15) is 12.6 Å².